The third-order valence-corrected chi connectivity index (χ3v) is 6.17. The number of nitrogens with zero attached hydrogens (tertiary/aromatic N) is 1. The Balaban J connectivity index is 1.58. The zero-order valence-corrected chi connectivity index (χ0v) is 18.1. The van der Waals surface area contributed by atoms with Crippen molar-refractivity contribution in [2.75, 3.05) is 6.61 Å². The Kier molecular flexibility index (Phi) is 5.37. The number of hydrogen-bond acceptors (Lipinski definition) is 5. The number of carbonyl (C=O) groups excluding carboxylic acids is 2. The van der Waals surface area contributed by atoms with Crippen LogP contribution < -0.4 is 4.74 Å². The Morgan fingerprint density at radius 1 is 0.941 bits per heavy atom. The second-order valence-corrected chi connectivity index (χ2v) is 8.26. The second-order valence-electron chi connectivity index (χ2n) is 8.26. The van der Waals surface area contributed by atoms with Crippen molar-refractivity contribution < 1.29 is 29.3 Å². The molecule has 0 aromatic heterocycles. The molecule has 1 unspecified atom stereocenters. The van der Waals surface area contributed by atoms with Gasteiger partial charge >= 0.3 is 5.97 Å². The molecule has 0 bridgehead atoms. The number of fused-ring (bicyclic) bond motifs is 1. The standard InChI is InChI=1S/C27H21NO6/c29-24(20-10-11-21-19(14-20)12-13-34-21)22-23(17-4-2-1-3-5-17)28(26(31)25(22)30)15-16-6-8-18(9-7-16)27(32)33/h1-11,14,23,29H,12-13,15H2,(H,32,33)/b24-22-. The van der Waals surface area contributed by atoms with Gasteiger partial charge in [0.15, 0.2) is 0 Å². The second kappa shape index (κ2) is 8.51. The average molecular weight is 455 g/mol. The van der Waals surface area contributed by atoms with Gasteiger partial charge in [-0.3, -0.25) is 9.59 Å². The molecule has 2 aliphatic rings. The fourth-order valence-corrected chi connectivity index (χ4v) is 4.46. The summed E-state index contributed by atoms with van der Waals surface area (Å²) in [6.45, 7) is 0.646. The van der Waals surface area contributed by atoms with Gasteiger partial charge in [-0.05, 0) is 47.0 Å². The zero-order valence-electron chi connectivity index (χ0n) is 18.1. The number of Topliss-reactive ketones (excluding diaryl/α,β-unsaturated/α-hetero) is 1. The number of rotatable bonds is 5. The molecule has 0 aliphatic carbocycles. The maximum atomic E-state index is 13.2. The molecule has 1 atom stereocenters. The summed E-state index contributed by atoms with van der Waals surface area (Å²) >= 11 is 0. The zero-order chi connectivity index (χ0) is 23.8. The van der Waals surface area contributed by atoms with Gasteiger partial charge in [-0.2, -0.15) is 0 Å². The Morgan fingerprint density at radius 3 is 2.35 bits per heavy atom. The normalized spacial score (nSPS) is 18.6. The van der Waals surface area contributed by atoms with Gasteiger partial charge in [-0.15, -0.1) is 0 Å². The molecule has 170 valence electrons. The van der Waals surface area contributed by atoms with E-state index in [2.05, 4.69) is 0 Å². The number of aliphatic hydroxyl groups is 1. The van der Waals surface area contributed by atoms with E-state index in [1.165, 1.54) is 17.0 Å². The molecule has 1 saturated heterocycles. The molecule has 7 nitrogen and oxygen atoms in total. The van der Waals surface area contributed by atoms with Crippen LogP contribution in [0.4, 0.5) is 0 Å². The summed E-state index contributed by atoms with van der Waals surface area (Å²) in [4.78, 5) is 38.9. The van der Waals surface area contributed by atoms with Gasteiger partial charge in [0.1, 0.15) is 11.5 Å². The Labute approximate surface area is 195 Å². The summed E-state index contributed by atoms with van der Waals surface area (Å²) in [6, 6.07) is 19.7. The first-order chi connectivity index (χ1) is 16.4. The number of likely N-dealkylation sites (tertiary alicyclic amines) is 1. The summed E-state index contributed by atoms with van der Waals surface area (Å²) in [5, 5.41) is 20.4. The van der Waals surface area contributed by atoms with E-state index in [0.29, 0.717) is 29.7 Å². The molecule has 2 N–H and O–H groups in total. The third kappa shape index (κ3) is 3.71. The maximum Gasteiger partial charge on any atom is 0.335 e. The van der Waals surface area contributed by atoms with Crippen LogP contribution >= 0.6 is 0 Å². The van der Waals surface area contributed by atoms with Gasteiger partial charge in [-0.25, -0.2) is 4.79 Å². The minimum absolute atomic E-state index is 0.0252. The lowest BCUT2D eigenvalue weighted by atomic mass is 9.94. The van der Waals surface area contributed by atoms with E-state index in [1.54, 1.807) is 42.5 Å². The van der Waals surface area contributed by atoms with Gasteiger partial charge < -0.3 is 19.8 Å². The van der Waals surface area contributed by atoms with Crippen molar-refractivity contribution >= 4 is 23.4 Å². The van der Waals surface area contributed by atoms with Gasteiger partial charge in [0.05, 0.1) is 23.8 Å². The Bertz CT molecular complexity index is 1330. The molecule has 3 aromatic carbocycles. The van der Waals surface area contributed by atoms with Crippen molar-refractivity contribution in [3.05, 3.63) is 106 Å². The van der Waals surface area contributed by atoms with E-state index in [4.69, 9.17) is 9.84 Å². The maximum absolute atomic E-state index is 13.2. The number of hydrogen-bond donors (Lipinski definition) is 2. The number of carboxylic acid groups (broad SMARTS) is 1. The highest BCUT2D eigenvalue weighted by molar-refractivity contribution is 6.46. The van der Waals surface area contributed by atoms with Crippen LogP contribution in [-0.4, -0.2) is 39.4 Å². The van der Waals surface area contributed by atoms with Crippen molar-refractivity contribution in [2.45, 2.75) is 19.0 Å². The van der Waals surface area contributed by atoms with E-state index in [0.717, 1.165) is 11.3 Å². The molecule has 0 saturated carbocycles. The molecular weight excluding hydrogens is 434 g/mol. The van der Waals surface area contributed by atoms with Crippen LogP contribution in [0, 0.1) is 0 Å². The molecule has 0 spiro atoms. The van der Waals surface area contributed by atoms with E-state index < -0.39 is 23.7 Å². The summed E-state index contributed by atoms with van der Waals surface area (Å²) < 4.78 is 5.53. The SMILES string of the molecule is O=C1C(=O)N(Cc2ccc(C(=O)O)cc2)C(c2ccccc2)/C1=C(/O)c1ccc2c(c1)CCO2. The molecular formula is C27H21NO6. The number of carbonyl (C=O) groups is 3. The van der Waals surface area contributed by atoms with Gasteiger partial charge in [0, 0.05) is 18.5 Å². The first-order valence-electron chi connectivity index (χ1n) is 10.9. The molecule has 3 aromatic rings. The lowest BCUT2D eigenvalue weighted by Crippen LogP contribution is -2.29. The highest BCUT2D eigenvalue weighted by atomic mass is 16.5. The fraction of sp³-hybridized carbons (Fsp3) is 0.148. The number of benzene rings is 3. The first kappa shape index (κ1) is 21.5. The van der Waals surface area contributed by atoms with Crippen molar-refractivity contribution in [1.82, 2.24) is 4.90 Å². The highest BCUT2D eigenvalue weighted by Gasteiger charge is 2.46. The minimum atomic E-state index is -1.05. The van der Waals surface area contributed by atoms with Crippen LogP contribution in [0.2, 0.25) is 0 Å². The molecule has 2 heterocycles. The Morgan fingerprint density at radius 2 is 1.65 bits per heavy atom. The van der Waals surface area contributed by atoms with Crippen LogP contribution in [0.25, 0.3) is 5.76 Å². The Hall–Kier alpha value is -4.39. The van der Waals surface area contributed by atoms with E-state index in [-0.39, 0.29) is 23.4 Å². The smallest absolute Gasteiger partial charge is 0.335 e. The summed E-state index contributed by atoms with van der Waals surface area (Å²) in [7, 11) is 0. The molecule has 5 rings (SSSR count). The highest BCUT2D eigenvalue weighted by Crippen LogP contribution is 2.41. The molecule has 7 heteroatoms. The van der Waals surface area contributed by atoms with Gasteiger partial charge in [0.25, 0.3) is 11.7 Å². The molecule has 0 radical (unpaired) electrons. The topological polar surface area (TPSA) is 104 Å². The number of aromatic carboxylic acids is 1. The number of amides is 1. The summed E-state index contributed by atoms with van der Waals surface area (Å²) in [6.07, 6.45) is 0.708. The minimum Gasteiger partial charge on any atom is -0.507 e. The molecule has 1 amide bonds. The predicted octanol–water partition coefficient (Wildman–Crippen LogP) is 3.94. The van der Waals surface area contributed by atoms with Crippen molar-refractivity contribution in [2.24, 2.45) is 0 Å². The number of aliphatic hydroxyl groups excluding tert-OH is 1. The molecule has 1 fully saturated rings. The molecule has 34 heavy (non-hydrogen) atoms. The van der Waals surface area contributed by atoms with E-state index >= 15 is 0 Å². The number of ketones is 1. The summed E-state index contributed by atoms with van der Waals surface area (Å²) in [5.74, 6) is -2.00. The van der Waals surface area contributed by atoms with E-state index in [9.17, 15) is 19.5 Å². The predicted molar refractivity (Wildman–Crippen MR) is 123 cm³/mol. The quantitative estimate of drug-likeness (QED) is 0.343. The van der Waals surface area contributed by atoms with Crippen molar-refractivity contribution in [3.63, 3.8) is 0 Å². The van der Waals surface area contributed by atoms with E-state index in [1.807, 2.05) is 18.2 Å². The first-order valence-corrected chi connectivity index (χ1v) is 10.9. The third-order valence-electron chi connectivity index (χ3n) is 6.17. The van der Waals surface area contributed by atoms with Crippen LogP contribution in [0.5, 0.6) is 5.75 Å². The average Bonchev–Trinajstić information content (AvgIpc) is 3.42. The number of carboxylic acids is 1. The largest absolute Gasteiger partial charge is 0.507 e. The van der Waals surface area contributed by atoms with Crippen LogP contribution in [0.1, 0.15) is 38.7 Å². The van der Waals surface area contributed by atoms with Crippen LogP contribution in [0.15, 0.2) is 78.4 Å². The number of ether oxygens (including phenoxy) is 1. The lowest BCUT2D eigenvalue weighted by molar-refractivity contribution is -0.140. The van der Waals surface area contributed by atoms with Crippen LogP contribution in [-0.2, 0) is 22.6 Å². The lowest BCUT2D eigenvalue weighted by Gasteiger charge is -2.25. The van der Waals surface area contributed by atoms with Crippen molar-refractivity contribution in [1.29, 1.82) is 0 Å². The van der Waals surface area contributed by atoms with Gasteiger partial charge in [0.2, 0.25) is 0 Å². The van der Waals surface area contributed by atoms with Gasteiger partial charge in [-0.1, -0.05) is 42.5 Å². The molecule has 2 aliphatic heterocycles. The van der Waals surface area contributed by atoms with Crippen LogP contribution in [0.3, 0.4) is 0 Å². The van der Waals surface area contributed by atoms with Crippen molar-refractivity contribution in [3.8, 4) is 5.75 Å². The fourth-order valence-electron chi connectivity index (χ4n) is 4.46. The monoisotopic (exact) mass is 455 g/mol. The summed E-state index contributed by atoms with van der Waals surface area (Å²) in [5.41, 5.74) is 2.91.